The molecular formula is C10H10ClF2NO2. The van der Waals surface area contributed by atoms with Gasteiger partial charge in [-0.3, -0.25) is 4.98 Å². The predicted octanol–water partition coefficient (Wildman–Crippen LogP) is 2.85. The molecule has 16 heavy (non-hydrogen) atoms. The quantitative estimate of drug-likeness (QED) is 0.611. The lowest BCUT2D eigenvalue weighted by Gasteiger charge is -2.11. The average Bonchev–Trinajstić information content (AvgIpc) is 2.26. The normalized spacial score (nSPS) is 10.6. The second kappa shape index (κ2) is 5.21. The van der Waals surface area contributed by atoms with Crippen LogP contribution in [0.3, 0.4) is 0 Å². The van der Waals surface area contributed by atoms with Crippen molar-refractivity contribution in [2.24, 2.45) is 0 Å². The van der Waals surface area contributed by atoms with E-state index in [1.165, 1.54) is 20.1 Å². The van der Waals surface area contributed by atoms with E-state index in [1.807, 2.05) is 0 Å². The minimum absolute atomic E-state index is 0.0223. The molecule has 1 heterocycles. The molecule has 0 aliphatic carbocycles. The van der Waals surface area contributed by atoms with E-state index in [2.05, 4.69) is 9.72 Å². The van der Waals surface area contributed by atoms with Crippen LogP contribution in [0, 0.1) is 6.92 Å². The molecule has 0 radical (unpaired) electrons. The number of aromatic nitrogens is 1. The summed E-state index contributed by atoms with van der Waals surface area (Å²) in [5, 5.41) is 0. The van der Waals surface area contributed by atoms with Gasteiger partial charge in [0.25, 0.3) is 6.43 Å². The van der Waals surface area contributed by atoms with Gasteiger partial charge in [-0.1, -0.05) is 0 Å². The standard InChI is InChI=1S/C10H10ClF2NO2/c1-5-3-6(10(15)16-2)7(4-11)8(14-5)9(12)13/h3,9H,4H2,1-2H3. The van der Waals surface area contributed by atoms with E-state index >= 15 is 0 Å². The maximum atomic E-state index is 12.7. The molecule has 0 aromatic carbocycles. The summed E-state index contributed by atoms with van der Waals surface area (Å²) in [4.78, 5) is 15.0. The fourth-order valence-corrected chi connectivity index (χ4v) is 1.62. The van der Waals surface area contributed by atoms with E-state index in [1.54, 1.807) is 0 Å². The number of halogens is 3. The molecule has 0 saturated heterocycles. The van der Waals surface area contributed by atoms with Crippen LogP contribution in [-0.2, 0) is 10.6 Å². The lowest BCUT2D eigenvalue weighted by atomic mass is 10.1. The van der Waals surface area contributed by atoms with E-state index in [0.717, 1.165) is 0 Å². The number of rotatable bonds is 3. The number of ether oxygens (including phenoxy) is 1. The Morgan fingerprint density at radius 3 is 2.69 bits per heavy atom. The molecule has 0 N–H and O–H groups in total. The summed E-state index contributed by atoms with van der Waals surface area (Å²) < 4.78 is 29.8. The largest absolute Gasteiger partial charge is 0.465 e. The smallest absolute Gasteiger partial charge is 0.338 e. The maximum Gasteiger partial charge on any atom is 0.338 e. The molecule has 6 heteroatoms. The number of hydrogen-bond acceptors (Lipinski definition) is 3. The fraction of sp³-hybridized carbons (Fsp3) is 0.400. The van der Waals surface area contributed by atoms with Crippen molar-refractivity contribution in [3.63, 3.8) is 0 Å². The monoisotopic (exact) mass is 249 g/mol. The first-order valence-corrected chi connectivity index (χ1v) is 4.97. The van der Waals surface area contributed by atoms with Gasteiger partial charge >= 0.3 is 5.97 Å². The molecule has 1 aromatic rings. The van der Waals surface area contributed by atoms with Crippen molar-refractivity contribution >= 4 is 17.6 Å². The molecule has 0 atom stereocenters. The summed E-state index contributed by atoms with van der Waals surface area (Å²) >= 11 is 5.55. The second-order valence-electron chi connectivity index (χ2n) is 3.10. The SMILES string of the molecule is COC(=O)c1cc(C)nc(C(F)F)c1CCl. The van der Waals surface area contributed by atoms with Gasteiger partial charge in [0.2, 0.25) is 0 Å². The van der Waals surface area contributed by atoms with Gasteiger partial charge < -0.3 is 4.74 Å². The first kappa shape index (κ1) is 12.8. The van der Waals surface area contributed by atoms with Crippen LogP contribution >= 0.6 is 11.6 Å². The summed E-state index contributed by atoms with van der Waals surface area (Å²) in [6.45, 7) is 1.52. The van der Waals surface area contributed by atoms with Crippen LogP contribution in [0.25, 0.3) is 0 Å². The van der Waals surface area contributed by atoms with Gasteiger partial charge in [0.05, 0.1) is 18.6 Å². The first-order chi connectivity index (χ1) is 7.51. The van der Waals surface area contributed by atoms with Gasteiger partial charge in [0.1, 0.15) is 5.69 Å². The third-order valence-electron chi connectivity index (χ3n) is 2.03. The van der Waals surface area contributed by atoms with E-state index in [4.69, 9.17) is 11.6 Å². The highest BCUT2D eigenvalue weighted by Gasteiger charge is 2.22. The summed E-state index contributed by atoms with van der Waals surface area (Å²) in [6.07, 6.45) is -2.77. The van der Waals surface area contributed by atoms with Gasteiger partial charge in [-0.05, 0) is 13.0 Å². The van der Waals surface area contributed by atoms with Crippen molar-refractivity contribution in [1.82, 2.24) is 4.98 Å². The molecule has 0 aliphatic heterocycles. The van der Waals surface area contributed by atoms with E-state index in [0.29, 0.717) is 5.69 Å². The Bertz CT molecular complexity index is 410. The Morgan fingerprint density at radius 2 is 2.25 bits per heavy atom. The molecule has 0 fully saturated rings. The molecule has 88 valence electrons. The topological polar surface area (TPSA) is 39.2 Å². The molecule has 0 spiro atoms. The minimum Gasteiger partial charge on any atom is -0.465 e. The Balaban J connectivity index is 3.41. The summed E-state index contributed by atoms with van der Waals surface area (Å²) in [5.41, 5.74) is -0.0746. The number of nitrogens with zero attached hydrogens (tertiary/aromatic N) is 1. The molecule has 1 aromatic heterocycles. The zero-order chi connectivity index (χ0) is 12.3. The molecule has 3 nitrogen and oxygen atoms in total. The van der Waals surface area contributed by atoms with Crippen LogP contribution < -0.4 is 0 Å². The number of esters is 1. The second-order valence-corrected chi connectivity index (χ2v) is 3.37. The lowest BCUT2D eigenvalue weighted by Crippen LogP contribution is -2.10. The van der Waals surface area contributed by atoms with E-state index in [-0.39, 0.29) is 17.0 Å². The van der Waals surface area contributed by atoms with Crippen molar-refractivity contribution < 1.29 is 18.3 Å². The van der Waals surface area contributed by atoms with Crippen molar-refractivity contribution in [3.8, 4) is 0 Å². The van der Waals surface area contributed by atoms with Crippen molar-refractivity contribution in [2.75, 3.05) is 7.11 Å². The highest BCUT2D eigenvalue weighted by molar-refractivity contribution is 6.17. The third kappa shape index (κ3) is 2.47. The van der Waals surface area contributed by atoms with Crippen LogP contribution in [0.4, 0.5) is 8.78 Å². The van der Waals surface area contributed by atoms with Crippen LogP contribution in [0.15, 0.2) is 6.07 Å². The number of alkyl halides is 3. The van der Waals surface area contributed by atoms with Crippen LogP contribution in [-0.4, -0.2) is 18.1 Å². The summed E-state index contributed by atoms with van der Waals surface area (Å²) in [7, 11) is 1.18. The highest BCUT2D eigenvalue weighted by atomic mass is 35.5. The molecular weight excluding hydrogens is 240 g/mol. The minimum atomic E-state index is -2.77. The van der Waals surface area contributed by atoms with Crippen LogP contribution in [0.5, 0.6) is 0 Å². The van der Waals surface area contributed by atoms with Gasteiger partial charge in [-0.2, -0.15) is 0 Å². The zero-order valence-corrected chi connectivity index (χ0v) is 9.52. The Hall–Kier alpha value is -1.23. The lowest BCUT2D eigenvalue weighted by molar-refractivity contribution is 0.0598. The van der Waals surface area contributed by atoms with Crippen molar-refractivity contribution in [2.45, 2.75) is 19.2 Å². The Morgan fingerprint density at radius 1 is 1.62 bits per heavy atom. The van der Waals surface area contributed by atoms with E-state index in [9.17, 15) is 13.6 Å². The average molecular weight is 250 g/mol. The zero-order valence-electron chi connectivity index (χ0n) is 8.76. The molecule has 0 unspecified atom stereocenters. The number of carbonyl (C=O) groups is 1. The van der Waals surface area contributed by atoms with E-state index < -0.39 is 18.1 Å². The molecule has 1 rings (SSSR count). The molecule has 0 saturated carbocycles. The molecule has 0 bridgehead atoms. The maximum absolute atomic E-state index is 12.7. The Kier molecular flexibility index (Phi) is 4.18. The first-order valence-electron chi connectivity index (χ1n) is 4.44. The molecule has 0 amide bonds. The van der Waals surface area contributed by atoms with Gasteiger partial charge in [0.15, 0.2) is 0 Å². The number of carbonyl (C=O) groups excluding carboxylic acids is 1. The predicted molar refractivity (Wildman–Crippen MR) is 54.8 cm³/mol. The highest BCUT2D eigenvalue weighted by Crippen LogP contribution is 2.26. The van der Waals surface area contributed by atoms with Crippen molar-refractivity contribution in [3.05, 3.63) is 28.6 Å². The Labute approximate surface area is 96.4 Å². The van der Waals surface area contributed by atoms with Crippen molar-refractivity contribution in [1.29, 1.82) is 0 Å². The van der Waals surface area contributed by atoms with Gasteiger partial charge in [-0.25, -0.2) is 13.6 Å². The van der Waals surface area contributed by atoms with Gasteiger partial charge in [0, 0.05) is 11.3 Å². The van der Waals surface area contributed by atoms with Crippen LogP contribution in [0.1, 0.15) is 33.7 Å². The number of methoxy groups -OCH3 is 1. The third-order valence-corrected chi connectivity index (χ3v) is 2.30. The van der Waals surface area contributed by atoms with Gasteiger partial charge in [-0.15, -0.1) is 11.6 Å². The molecule has 0 aliphatic rings. The number of hydrogen-bond donors (Lipinski definition) is 0. The number of aryl methyl sites for hydroxylation is 1. The number of pyridine rings is 1. The summed E-state index contributed by atoms with van der Waals surface area (Å²) in [6, 6.07) is 1.38. The summed E-state index contributed by atoms with van der Waals surface area (Å²) in [5.74, 6) is -0.903. The van der Waals surface area contributed by atoms with Crippen LogP contribution in [0.2, 0.25) is 0 Å². The fourth-order valence-electron chi connectivity index (χ4n) is 1.34.